The number of hydrogen-bond donors (Lipinski definition) is 1. The molecule has 1 saturated heterocycles. The van der Waals surface area contributed by atoms with Crippen LogP contribution in [0.5, 0.6) is 0 Å². The van der Waals surface area contributed by atoms with Crippen LogP contribution in [0.25, 0.3) is 4.96 Å². The zero-order chi connectivity index (χ0) is 21.4. The Hall–Kier alpha value is -2.23. The fourth-order valence-electron chi connectivity index (χ4n) is 3.43. The number of halogens is 3. The van der Waals surface area contributed by atoms with Crippen LogP contribution in [0, 0.1) is 5.82 Å². The summed E-state index contributed by atoms with van der Waals surface area (Å²) in [7, 11) is 0. The van der Waals surface area contributed by atoms with Crippen molar-refractivity contribution in [2.75, 3.05) is 11.4 Å². The van der Waals surface area contributed by atoms with Crippen LogP contribution in [-0.4, -0.2) is 33.1 Å². The standard InChI is InChI=1S/C19H18Cl2FN5O2S/c1-2-13-15(22)17(29)27-18(24-13)30-19(25-27)26-7-3-4-14(26)16(28)23-9-10-5-6-11(20)12(21)8-10/h5-6,8,14H,2-4,7,9H2,1H3,(H,23,28)/t14-/m1/s1. The predicted octanol–water partition coefficient (Wildman–Crippen LogP) is 3.44. The smallest absolute Gasteiger partial charge is 0.311 e. The van der Waals surface area contributed by atoms with Gasteiger partial charge in [0.2, 0.25) is 21.8 Å². The van der Waals surface area contributed by atoms with Gasteiger partial charge < -0.3 is 10.2 Å². The van der Waals surface area contributed by atoms with E-state index in [2.05, 4.69) is 15.4 Å². The minimum Gasteiger partial charge on any atom is -0.350 e. The van der Waals surface area contributed by atoms with Gasteiger partial charge in [-0.3, -0.25) is 9.59 Å². The first kappa shape index (κ1) is 21.0. The molecule has 0 aliphatic carbocycles. The summed E-state index contributed by atoms with van der Waals surface area (Å²) in [4.78, 5) is 31.4. The van der Waals surface area contributed by atoms with Crippen LogP contribution in [-0.2, 0) is 17.8 Å². The second-order valence-electron chi connectivity index (χ2n) is 6.93. The highest BCUT2D eigenvalue weighted by Crippen LogP contribution is 2.29. The van der Waals surface area contributed by atoms with Gasteiger partial charge in [-0.25, -0.2) is 4.98 Å². The molecule has 0 radical (unpaired) electrons. The fourth-order valence-corrected chi connectivity index (χ4v) is 4.74. The van der Waals surface area contributed by atoms with E-state index in [1.165, 1.54) is 11.3 Å². The molecule has 0 spiro atoms. The monoisotopic (exact) mass is 469 g/mol. The van der Waals surface area contributed by atoms with E-state index in [9.17, 15) is 14.0 Å². The van der Waals surface area contributed by atoms with Crippen LogP contribution in [0.3, 0.4) is 0 Å². The number of carbonyl (C=O) groups excluding carboxylic acids is 1. The summed E-state index contributed by atoms with van der Waals surface area (Å²) in [5, 5.41) is 8.50. The van der Waals surface area contributed by atoms with E-state index in [0.717, 1.165) is 16.5 Å². The SMILES string of the molecule is CCc1nc2sc(N3CCC[C@@H]3C(=O)NCc3ccc(Cl)c(Cl)c3)nn2c(=O)c1F. The molecule has 11 heteroatoms. The van der Waals surface area contributed by atoms with E-state index >= 15 is 0 Å². The minimum absolute atomic E-state index is 0.118. The highest BCUT2D eigenvalue weighted by Gasteiger charge is 2.33. The maximum absolute atomic E-state index is 14.1. The van der Waals surface area contributed by atoms with E-state index in [0.29, 0.717) is 46.1 Å². The van der Waals surface area contributed by atoms with Crippen molar-refractivity contribution in [2.45, 2.75) is 38.8 Å². The van der Waals surface area contributed by atoms with Crippen molar-refractivity contribution in [3.05, 3.63) is 55.7 Å². The molecule has 1 aromatic carbocycles. The Bertz CT molecular complexity index is 1180. The number of aryl methyl sites for hydroxylation is 1. The van der Waals surface area contributed by atoms with E-state index in [4.69, 9.17) is 23.2 Å². The third kappa shape index (κ3) is 3.89. The van der Waals surface area contributed by atoms with Crippen molar-refractivity contribution in [1.29, 1.82) is 0 Å². The molecule has 7 nitrogen and oxygen atoms in total. The van der Waals surface area contributed by atoms with Crippen LogP contribution >= 0.6 is 34.5 Å². The van der Waals surface area contributed by atoms with Crippen LogP contribution in [0.15, 0.2) is 23.0 Å². The van der Waals surface area contributed by atoms with Crippen molar-refractivity contribution in [2.24, 2.45) is 0 Å². The zero-order valence-electron chi connectivity index (χ0n) is 16.0. The molecule has 1 aliphatic heterocycles. The molecule has 3 heterocycles. The largest absolute Gasteiger partial charge is 0.350 e. The molecule has 0 bridgehead atoms. The topological polar surface area (TPSA) is 79.6 Å². The Balaban J connectivity index is 1.54. The summed E-state index contributed by atoms with van der Waals surface area (Å²) < 4.78 is 15.1. The first-order valence-electron chi connectivity index (χ1n) is 9.45. The molecule has 0 unspecified atom stereocenters. The Morgan fingerprint density at radius 3 is 2.90 bits per heavy atom. The number of fused-ring (bicyclic) bond motifs is 1. The third-order valence-electron chi connectivity index (χ3n) is 5.00. The van der Waals surface area contributed by atoms with E-state index in [-0.39, 0.29) is 11.6 Å². The Kier molecular flexibility index (Phi) is 5.95. The van der Waals surface area contributed by atoms with Crippen molar-refractivity contribution in [3.8, 4) is 0 Å². The van der Waals surface area contributed by atoms with E-state index in [1.54, 1.807) is 25.1 Å². The Labute approximate surface area is 185 Å². The molecule has 1 aliphatic rings. The van der Waals surface area contributed by atoms with Gasteiger partial charge in [-0.2, -0.15) is 8.91 Å². The lowest BCUT2D eigenvalue weighted by molar-refractivity contribution is -0.122. The first-order valence-corrected chi connectivity index (χ1v) is 11.0. The zero-order valence-corrected chi connectivity index (χ0v) is 18.3. The molecule has 30 heavy (non-hydrogen) atoms. The van der Waals surface area contributed by atoms with Crippen molar-refractivity contribution >= 4 is 50.5 Å². The highest BCUT2D eigenvalue weighted by molar-refractivity contribution is 7.20. The Morgan fingerprint density at radius 2 is 2.17 bits per heavy atom. The van der Waals surface area contributed by atoms with Crippen LogP contribution < -0.4 is 15.8 Å². The van der Waals surface area contributed by atoms with E-state index in [1.807, 2.05) is 4.90 Å². The van der Waals surface area contributed by atoms with Crippen molar-refractivity contribution in [3.63, 3.8) is 0 Å². The molecule has 4 rings (SSSR count). The van der Waals surface area contributed by atoms with Gasteiger partial charge in [-0.15, -0.1) is 5.10 Å². The second-order valence-corrected chi connectivity index (χ2v) is 8.68. The number of nitrogens with zero attached hydrogens (tertiary/aromatic N) is 4. The number of benzene rings is 1. The predicted molar refractivity (Wildman–Crippen MR) is 115 cm³/mol. The molecular weight excluding hydrogens is 452 g/mol. The van der Waals surface area contributed by atoms with Crippen LogP contribution in [0.1, 0.15) is 31.0 Å². The molecule has 1 N–H and O–H groups in total. The maximum atomic E-state index is 14.1. The lowest BCUT2D eigenvalue weighted by Crippen LogP contribution is -2.43. The second kappa shape index (κ2) is 8.49. The number of hydrogen-bond acceptors (Lipinski definition) is 6. The normalized spacial score (nSPS) is 16.4. The van der Waals surface area contributed by atoms with Gasteiger partial charge in [-0.05, 0) is 37.0 Å². The summed E-state index contributed by atoms with van der Waals surface area (Å²) in [6.45, 7) is 2.66. The molecular formula is C19H18Cl2FN5O2S. The van der Waals surface area contributed by atoms with Crippen molar-refractivity contribution in [1.82, 2.24) is 19.9 Å². The summed E-state index contributed by atoms with van der Waals surface area (Å²) in [5.74, 6) is -1.04. The number of nitrogens with one attached hydrogen (secondary N) is 1. The fraction of sp³-hybridized carbons (Fsp3) is 0.368. The molecule has 0 saturated carbocycles. The summed E-state index contributed by atoms with van der Waals surface area (Å²) >= 11 is 13.1. The van der Waals surface area contributed by atoms with Gasteiger partial charge in [-0.1, -0.05) is 47.5 Å². The van der Waals surface area contributed by atoms with Gasteiger partial charge in [0, 0.05) is 13.1 Å². The van der Waals surface area contributed by atoms with Gasteiger partial charge in [0.15, 0.2) is 0 Å². The molecule has 1 atom stereocenters. The maximum Gasteiger partial charge on any atom is 0.311 e. The number of anilines is 1. The van der Waals surface area contributed by atoms with Gasteiger partial charge in [0.1, 0.15) is 6.04 Å². The summed E-state index contributed by atoms with van der Waals surface area (Å²) in [6, 6.07) is 4.76. The Morgan fingerprint density at radius 1 is 1.37 bits per heavy atom. The summed E-state index contributed by atoms with van der Waals surface area (Å²) in [6.07, 6.45) is 1.77. The quantitative estimate of drug-likeness (QED) is 0.618. The summed E-state index contributed by atoms with van der Waals surface area (Å²) in [5.41, 5.74) is 0.132. The van der Waals surface area contributed by atoms with Gasteiger partial charge in [0.25, 0.3) is 0 Å². The van der Waals surface area contributed by atoms with Crippen LogP contribution in [0.2, 0.25) is 10.0 Å². The number of amides is 1. The number of carbonyl (C=O) groups is 1. The number of aromatic nitrogens is 3. The molecule has 158 valence electrons. The van der Waals surface area contributed by atoms with Gasteiger partial charge in [0.05, 0.1) is 15.7 Å². The molecule has 2 aromatic heterocycles. The lowest BCUT2D eigenvalue weighted by Gasteiger charge is -2.22. The van der Waals surface area contributed by atoms with E-state index < -0.39 is 17.4 Å². The lowest BCUT2D eigenvalue weighted by atomic mass is 10.2. The molecule has 1 amide bonds. The highest BCUT2D eigenvalue weighted by atomic mass is 35.5. The van der Waals surface area contributed by atoms with Crippen molar-refractivity contribution < 1.29 is 9.18 Å². The number of rotatable bonds is 5. The average Bonchev–Trinajstić information content (AvgIpc) is 3.38. The first-order chi connectivity index (χ1) is 14.4. The molecule has 1 fully saturated rings. The van der Waals surface area contributed by atoms with Crippen LogP contribution in [0.4, 0.5) is 9.52 Å². The molecule has 3 aromatic rings. The van der Waals surface area contributed by atoms with Gasteiger partial charge >= 0.3 is 5.56 Å². The average molecular weight is 470 g/mol. The third-order valence-corrected chi connectivity index (χ3v) is 6.68. The minimum atomic E-state index is -0.885.